The first kappa shape index (κ1) is 15.1. The lowest BCUT2D eigenvalue weighted by Crippen LogP contribution is -2.20. The van der Waals surface area contributed by atoms with E-state index in [9.17, 15) is 0 Å². The van der Waals surface area contributed by atoms with E-state index in [0.29, 0.717) is 0 Å². The summed E-state index contributed by atoms with van der Waals surface area (Å²) in [7, 11) is 3.97. The molecule has 1 aliphatic rings. The van der Waals surface area contributed by atoms with Gasteiger partial charge in [-0.2, -0.15) is 0 Å². The van der Waals surface area contributed by atoms with Gasteiger partial charge in [-0.25, -0.2) is 0 Å². The summed E-state index contributed by atoms with van der Waals surface area (Å²) in [5.41, 5.74) is 5.88. The minimum atomic E-state index is 0.974. The molecule has 116 valence electrons. The number of rotatable bonds is 1. The van der Waals surface area contributed by atoms with E-state index in [1.807, 2.05) is 0 Å². The van der Waals surface area contributed by atoms with Crippen molar-refractivity contribution in [1.29, 1.82) is 0 Å². The van der Waals surface area contributed by atoms with Crippen LogP contribution in [0.25, 0.3) is 0 Å². The Morgan fingerprint density at radius 3 is 2.36 bits per heavy atom. The van der Waals surface area contributed by atoms with Crippen LogP contribution in [0.2, 0.25) is 0 Å². The molecule has 0 N–H and O–H groups in total. The van der Waals surface area contributed by atoms with Gasteiger partial charge in [0.05, 0.1) is 7.11 Å². The van der Waals surface area contributed by atoms with Crippen molar-refractivity contribution in [1.82, 2.24) is 4.90 Å². The third kappa shape index (κ3) is 3.50. The normalized spacial score (nSPS) is 16.3. The average molecular weight is 295 g/mol. The van der Waals surface area contributed by atoms with Crippen molar-refractivity contribution in [3.05, 3.63) is 64.7 Å². The van der Waals surface area contributed by atoms with E-state index in [0.717, 1.165) is 38.1 Å². The van der Waals surface area contributed by atoms with Crippen molar-refractivity contribution < 1.29 is 4.74 Å². The second-order valence-corrected chi connectivity index (χ2v) is 6.24. The van der Waals surface area contributed by atoms with Gasteiger partial charge in [0.25, 0.3) is 0 Å². The van der Waals surface area contributed by atoms with Crippen molar-refractivity contribution >= 4 is 0 Å². The monoisotopic (exact) mass is 295 g/mol. The molecule has 0 radical (unpaired) electrons. The molecule has 0 amide bonds. The van der Waals surface area contributed by atoms with Crippen molar-refractivity contribution in [3.8, 4) is 5.75 Å². The highest BCUT2D eigenvalue weighted by molar-refractivity contribution is 5.37. The first-order chi connectivity index (χ1) is 10.8. The molecule has 2 heteroatoms. The Kier molecular flexibility index (Phi) is 4.79. The van der Waals surface area contributed by atoms with Gasteiger partial charge in [0, 0.05) is 6.54 Å². The maximum absolute atomic E-state index is 5.40. The molecule has 0 unspecified atom stereocenters. The third-order valence-electron chi connectivity index (χ3n) is 4.62. The standard InChI is InChI=1S/C20H25NO/c1-21-13-5-8-18-14-20(22-2)12-11-17(18)10-9-16-6-3-4-7-19(16)15-21/h3-4,6-7,11-12,14H,5,8-10,13,15H2,1-2H3. The third-order valence-corrected chi connectivity index (χ3v) is 4.62. The largest absolute Gasteiger partial charge is 0.497 e. The van der Waals surface area contributed by atoms with E-state index in [1.54, 1.807) is 7.11 Å². The van der Waals surface area contributed by atoms with Crippen LogP contribution in [-0.2, 0) is 25.8 Å². The topological polar surface area (TPSA) is 12.5 Å². The van der Waals surface area contributed by atoms with E-state index in [-0.39, 0.29) is 0 Å². The van der Waals surface area contributed by atoms with Crippen molar-refractivity contribution in [2.75, 3.05) is 20.7 Å². The number of nitrogens with zero attached hydrogens (tertiary/aromatic N) is 1. The fourth-order valence-corrected chi connectivity index (χ4v) is 3.34. The van der Waals surface area contributed by atoms with Gasteiger partial charge in [-0.3, -0.25) is 0 Å². The van der Waals surface area contributed by atoms with Gasteiger partial charge in [0.15, 0.2) is 0 Å². The van der Waals surface area contributed by atoms with Gasteiger partial charge in [0.1, 0.15) is 5.75 Å². The number of benzene rings is 2. The fourth-order valence-electron chi connectivity index (χ4n) is 3.34. The van der Waals surface area contributed by atoms with Crippen molar-refractivity contribution in [2.45, 2.75) is 32.2 Å². The lowest BCUT2D eigenvalue weighted by molar-refractivity contribution is 0.321. The Labute approximate surface area is 133 Å². The van der Waals surface area contributed by atoms with Crippen LogP contribution >= 0.6 is 0 Å². The second-order valence-electron chi connectivity index (χ2n) is 6.24. The maximum Gasteiger partial charge on any atom is 0.119 e. The molecule has 0 aromatic heterocycles. The van der Waals surface area contributed by atoms with E-state index < -0.39 is 0 Å². The van der Waals surface area contributed by atoms with Crippen molar-refractivity contribution in [2.24, 2.45) is 0 Å². The van der Waals surface area contributed by atoms with Crippen LogP contribution in [0.5, 0.6) is 5.75 Å². The average Bonchev–Trinajstić information content (AvgIpc) is 2.57. The number of methoxy groups -OCH3 is 1. The van der Waals surface area contributed by atoms with Crippen LogP contribution in [0.3, 0.4) is 0 Å². The zero-order valence-corrected chi connectivity index (χ0v) is 13.6. The Morgan fingerprint density at radius 1 is 0.864 bits per heavy atom. The molecule has 0 spiro atoms. The number of aryl methyl sites for hydroxylation is 3. The summed E-state index contributed by atoms with van der Waals surface area (Å²) in [5, 5.41) is 0. The summed E-state index contributed by atoms with van der Waals surface area (Å²) in [6.45, 7) is 2.18. The van der Waals surface area contributed by atoms with Crippen molar-refractivity contribution in [3.63, 3.8) is 0 Å². The SMILES string of the molecule is COc1ccc2c(c1)CCCN(C)Cc1ccccc1CC2. The highest BCUT2D eigenvalue weighted by Gasteiger charge is 2.11. The summed E-state index contributed by atoms with van der Waals surface area (Å²) < 4.78 is 5.40. The van der Waals surface area contributed by atoms with Gasteiger partial charge in [-0.15, -0.1) is 0 Å². The molecule has 1 aliphatic heterocycles. The Bertz CT molecular complexity index is 635. The molecular formula is C20H25NO. The molecule has 0 bridgehead atoms. The van der Waals surface area contributed by atoms with Crippen LogP contribution < -0.4 is 4.74 Å². The molecule has 22 heavy (non-hydrogen) atoms. The number of hydrogen-bond donors (Lipinski definition) is 0. The Morgan fingerprint density at radius 2 is 1.59 bits per heavy atom. The lowest BCUT2D eigenvalue weighted by atomic mass is 9.95. The van der Waals surface area contributed by atoms with E-state index in [4.69, 9.17) is 4.74 Å². The summed E-state index contributed by atoms with van der Waals surface area (Å²) >= 11 is 0. The van der Waals surface area contributed by atoms with E-state index in [1.165, 1.54) is 28.7 Å². The molecule has 0 saturated carbocycles. The van der Waals surface area contributed by atoms with Gasteiger partial charge >= 0.3 is 0 Å². The second kappa shape index (κ2) is 6.97. The predicted molar refractivity (Wildman–Crippen MR) is 91.5 cm³/mol. The summed E-state index contributed by atoms with van der Waals surface area (Å²) in [4.78, 5) is 2.43. The minimum absolute atomic E-state index is 0.974. The zero-order chi connectivity index (χ0) is 15.4. The van der Waals surface area contributed by atoms with Crippen LogP contribution in [0.1, 0.15) is 28.7 Å². The first-order valence-electron chi connectivity index (χ1n) is 8.17. The summed E-state index contributed by atoms with van der Waals surface area (Å²) in [6.07, 6.45) is 4.55. The highest BCUT2D eigenvalue weighted by atomic mass is 16.5. The number of ether oxygens (including phenoxy) is 1. The molecule has 2 aromatic carbocycles. The van der Waals surface area contributed by atoms with Gasteiger partial charge in [-0.05, 0) is 73.7 Å². The molecule has 0 atom stereocenters. The molecule has 0 saturated heterocycles. The molecule has 0 fully saturated rings. The predicted octanol–water partition coefficient (Wildman–Crippen LogP) is 3.86. The molecule has 3 rings (SSSR count). The molecule has 2 nitrogen and oxygen atoms in total. The first-order valence-corrected chi connectivity index (χ1v) is 8.17. The van der Waals surface area contributed by atoms with Gasteiger partial charge in [0.2, 0.25) is 0 Å². The van der Waals surface area contributed by atoms with E-state index >= 15 is 0 Å². The minimum Gasteiger partial charge on any atom is -0.497 e. The van der Waals surface area contributed by atoms with Crippen LogP contribution in [0, 0.1) is 0 Å². The molecular weight excluding hydrogens is 270 g/mol. The smallest absolute Gasteiger partial charge is 0.119 e. The van der Waals surface area contributed by atoms with Gasteiger partial charge < -0.3 is 9.64 Å². The maximum atomic E-state index is 5.40. The molecule has 0 aliphatic carbocycles. The summed E-state index contributed by atoms with van der Waals surface area (Å²) in [5.74, 6) is 0.974. The zero-order valence-electron chi connectivity index (χ0n) is 13.6. The Hall–Kier alpha value is -1.80. The molecule has 2 aromatic rings. The highest BCUT2D eigenvalue weighted by Crippen LogP contribution is 2.23. The quantitative estimate of drug-likeness (QED) is 0.792. The molecule has 1 heterocycles. The van der Waals surface area contributed by atoms with Crippen LogP contribution in [-0.4, -0.2) is 25.6 Å². The number of hydrogen-bond acceptors (Lipinski definition) is 2. The Balaban J connectivity index is 1.91. The van der Waals surface area contributed by atoms with Crippen LogP contribution in [0.15, 0.2) is 42.5 Å². The lowest BCUT2D eigenvalue weighted by Gasteiger charge is -2.18. The van der Waals surface area contributed by atoms with Crippen LogP contribution in [0.4, 0.5) is 0 Å². The van der Waals surface area contributed by atoms with Gasteiger partial charge in [-0.1, -0.05) is 30.3 Å². The number of fused-ring (bicyclic) bond motifs is 2. The fraction of sp³-hybridized carbons (Fsp3) is 0.400. The summed E-state index contributed by atoms with van der Waals surface area (Å²) in [6, 6.07) is 15.4. The van der Waals surface area contributed by atoms with E-state index in [2.05, 4.69) is 54.4 Å².